The van der Waals surface area contributed by atoms with Gasteiger partial charge in [0.05, 0.1) is 11.6 Å². The second-order valence-electron chi connectivity index (χ2n) is 3.68. The van der Waals surface area contributed by atoms with Crippen LogP contribution in [0.15, 0.2) is 23.1 Å². The third-order valence-electron chi connectivity index (χ3n) is 1.81. The summed E-state index contributed by atoms with van der Waals surface area (Å²) in [6.07, 6.45) is 0. The van der Waals surface area contributed by atoms with Crippen molar-refractivity contribution in [3.8, 4) is 0 Å². The number of hydrogen-bond acceptors (Lipinski definition) is 3. The van der Waals surface area contributed by atoms with E-state index in [-0.39, 0.29) is 6.61 Å². The summed E-state index contributed by atoms with van der Waals surface area (Å²) in [6, 6.07) is 5.28. The molecule has 15 heavy (non-hydrogen) atoms. The van der Waals surface area contributed by atoms with Crippen molar-refractivity contribution in [3.05, 3.63) is 28.2 Å². The molecule has 2 nitrogen and oxygen atoms in total. The molecule has 1 aromatic rings. The molecule has 0 radical (unpaired) electrons. The molecule has 0 aromatic heterocycles. The van der Waals surface area contributed by atoms with E-state index in [1.165, 1.54) is 11.8 Å². The maximum atomic E-state index is 9.00. The highest BCUT2D eigenvalue weighted by Gasteiger charge is 2.17. The smallest absolute Gasteiger partial charge is 0.0616 e. The van der Waals surface area contributed by atoms with Gasteiger partial charge in [-0.15, -0.1) is 11.8 Å². The fraction of sp³-hybridized carbons (Fsp3) is 0.400. The average molecular weight is 266 g/mol. The molecule has 84 valence electrons. The number of halogens is 2. The lowest BCUT2D eigenvalue weighted by atomic mass is 10.1. The van der Waals surface area contributed by atoms with Gasteiger partial charge in [0.1, 0.15) is 0 Å². The Labute approximate surface area is 104 Å². The SMILES string of the molecule is CC(N)(CO)CSc1cc(Cl)ccc1Cl. The summed E-state index contributed by atoms with van der Waals surface area (Å²) in [5.41, 5.74) is 5.20. The third kappa shape index (κ3) is 4.21. The van der Waals surface area contributed by atoms with Crippen LogP contribution in [-0.4, -0.2) is 23.0 Å². The molecule has 0 spiro atoms. The molecule has 3 N–H and O–H groups in total. The van der Waals surface area contributed by atoms with E-state index in [2.05, 4.69) is 0 Å². The van der Waals surface area contributed by atoms with E-state index in [0.717, 1.165) is 4.90 Å². The van der Waals surface area contributed by atoms with Crippen LogP contribution in [0.1, 0.15) is 6.92 Å². The van der Waals surface area contributed by atoms with E-state index in [0.29, 0.717) is 15.8 Å². The quantitative estimate of drug-likeness (QED) is 0.824. The van der Waals surface area contributed by atoms with Gasteiger partial charge in [0.15, 0.2) is 0 Å². The van der Waals surface area contributed by atoms with Crippen molar-refractivity contribution in [2.24, 2.45) is 5.73 Å². The topological polar surface area (TPSA) is 46.2 Å². The van der Waals surface area contributed by atoms with Crippen LogP contribution in [0.25, 0.3) is 0 Å². The summed E-state index contributed by atoms with van der Waals surface area (Å²) in [4.78, 5) is 0.884. The molecule has 5 heteroatoms. The fourth-order valence-corrected chi connectivity index (χ4v) is 2.39. The van der Waals surface area contributed by atoms with Crippen molar-refractivity contribution >= 4 is 35.0 Å². The second-order valence-corrected chi connectivity index (χ2v) is 5.54. The molecule has 0 saturated carbocycles. The third-order valence-corrected chi connectivity index (χ3v) is 3.94. The summed E-state index contributed by atoms with van der Waals surface area (Å²) in [7, 11) is 0. The summed E-state index contributed by atoms with van der Waals surface area (Å²) in [6.45, 7) is 1.73. The van der Waals surface area contributed by atoms with Gasteiger partial charge in [-0.2, -0.15) is 0 Å². The Hall–Kier alpha value is 0.0700. The molecular formula is C10H13Cl2NOS. The highest BCUT2D eigenvalue weighted by molar-refractivity contribution is 7.99. The fourth-order valence-electron chi connectivity index (χ4n) is 0.876. The van der Waals surface area contributed by atoms with E-state index >= 15 is 0 Å². The van der Waals surface area contributed by atoms with Crippen LogP contribution in [0, 0.1) is 0 Å². The summed E-state index contributed by atoms with van der Waals surface area (Å²) >= 11 is 13.3. The van der Waals surface area contributed by atoms with Crippen molar-refractivity contribution in [1.82, 2.24) is 0 Å². The van der Waals surface area contributed by atoms with Gasteiger partial charge < -0.3 is 10.8 Å². The summed E-state index contributed by atoms with van der Waals surface area (Å²) in [5, 5.41) is 10.3. The van der Waals surface area contributed by atoms with E-state index in [4.69, 9.17) is 34.0 Å². The first-order valence-corrected chi connectivity index (χ1v) is 6.16. The minimum absolute atomic E-state index is 0.0574. The number of benzene rings is 1. The first-order valence-electron chi connectivity index (χ1n) is 4.42. The number of hydrogen-bond donors (Lipinski definition) is 2. The van der Waals surface area contributed by atoms with Gasteiger partial charge >= 0.3 is 0 Å². The van der Waals surface area contributed by atoms with Crippen LogP contribution in [0.5, 0.6) is 0 Å². The van der Waals surface area contributed by atoms with Crippen molar-refractivity contribution in [3.63, 3.8) is 0 Å². The van der Waals surface area contributed by atoms with Crippen LogP contribution >= 0.6 is 35.0 Å². The van der Waals surface area contributed by atoms with Crippen molar-refractivity contribution in [2.45, 2.75) is 17.4 Å². The molecule has 1 rings (SSSR count). The molecule has 0 amide bonds. The zero-order valence-corrected chi connectivity index (χ0v) is 10.7. The maximum absolute atomic E-state index is 9.00. The van der Waals surface area contributed by atoms with Crippen LogP contribution in [0.2, 0.25) is 10.0 Å². The minimum Gasteiger partial charge on any atom is -0.394 e. The second kappa shape index (κ2) is 5.41. The average Bonchev–Trinajstić information content (AvgIpc) is 2.20. The highest BCUT2D eigenvalue weighted by Crippen LogP contribution is 2.31. The Morgan fingerprint density at radius 2 is 2.13 bits per heavy atom. The largest absolute Gasteiger partial charge is 0.394 e. The molecule has 1 atom stereocenters. The van der Waals surface area contributed by atoms with Crippen molar-refractivity contribution < 1.29 is 5.11 Å². The van der Waals surface area contributed by atoms with Crippen LogP contribution in [0.4, 0.5) is 0 Å². The normalized spacial score (nSPS) is 15.0. The first-order chi connectivity index (χ1) is 6.94. The highest BCUT2D eigenvalue weighted by atomic mass is 35.5. The van der Waals surface area contributed by atoms with E-state index in [1.54, 1.807) is 25.1 Å². The molecule has 1 unspecified atom stereocenters. The van der Waals surface area contributed by atoms with Crippen molar-refractivity contribution in [1.29, 1.82) is 0 Å². The number of nitrogens with two attached hydrogens (primary N) is 1. The lowest BCUT2D eigenvalue weighted by Gasteiger charge is -2.21. The molecule has 0 bridgehead atoms. The molecule has 0 aliphatic carbocycles. The molecular weight excluding hydrogens is 253 g/mol. The lowest BCUT2D eigenvalue weighted by molar-refractivity contribution is 0.224. The summed E-state index contributed by atoms with van der Waals surface area (Å²) < 4.78 is 0. The minimum atomic E-state index is -0.601. The Balaban J connectivity index is 2.69. The Morgan fingerprint density at radius 1 is 1.47 bits per heavy atom. The van der Waals surface area contributed by atoms with Crippen LogP contribution < -0.4 is 5.73 Å². The number of aliphatic hydroxyl groups is 1. The number of rotatable bonds is 4. The molecule has 0 aliphatic heterocycles. The molecule has 0 heterocycles. The van der Waals surface area contributed by atoms with Gasteiger partial charge in [0.2, 0.25) is 0 Å². The van der Waals surface area contributed by atoms with Crippen LogP contribution in [0.3, 0.4) is 0 Å². The van der Waals surface area contributed by atoms with Gasteiger partial charge in [0.25, 0.3) is 0 Å². The van der Waals surface area contributed by atoms with E-state index in [9.17, 15) is 0 Å². The van der Waals surface area contributed by atoms with Gasteiger partial charge in [-0.1, -0.05) is 23.2 Å². The first kappa shape index (κ1) is 13.1. The molecule has 0 fully saturated rings. The number of thioether (sulfide) groups is 1. The molecule has 0 aliphatic rings. The Kier molecular flexibility index (Phi) is 4.74. The Morgan fingerprint density at radius 3 is 2.73 bits per heavy atom. The predicted molar refractivity (Wildman–Crippen MR) is 66.9 cm³/mol. The maximum Gasteiger partial charge on any atom is 0.0616 e. The van der Waals surface area contributed by atoms with E-state index in [1.807, 2.05) is 0 Å². The van der Waals surface area contributed by atoms with E-state index < -0.39 is 5.54 Å². The predicted octanol–water partition coefficient (Wildman–Crippen LogP) is 2.80. The lowest BCUT2D eigenvalue weighted by Crippen LogP contribution is -2.42. The van der Waals surface area contributed by atoms with Crippen LogP contribution in [-0.2, 0) is 0 Å². The van der Waals surface area contributed by atoms with Crippen molar-refractivity contribution in [2.75, 3.05) is 12.4 Å². The molecule has 0 saturated heterocycles. The zero-order chi connectivity index (χ0) is 11.5. The van der Waals surface area contributed by atoms with Gasteiger partial charge in [0, 0.05) is 21.2 Å². The van der Waals surface area contributed by atoms with Gasteiger partial charge in [-0.25, -0.2) is 0 Å². The standard InChI is InChI=1S/C10H13Cl2NOS/c1-10(13,5-14)6-15-9-4-7(11)2-3-8(9)12/h2-4,14H,5-6,13H2,1H3. The molecule has 1 aromatic carbocycles. The Bertz CT molecular complexity index is 344. The zero-order valence-electron chi connectivity index (χ0n) is 8.34. The van der Waals surface area contributed by atoms with Gasteiger partial charge in [-0.3, -0.25) is 0 Å². The number of aliphatic hydroxyl groups excluding tert-OH is 1. The summed E-state index contributed by atoms with van der Waals surface area (Å²) in [5.74, 6) is 0.587. The van der Waals surface area contributed by atoms with Gasteiger partial charge in [-0.05, 0) is 25.1 Å². The monoisotopic (exact) mass is 265 g/mol.